The van der Waals surface area contributed by atoms with Gasteiger partial charge in [0.15, 0.2) is 0 Å². The third kappa shape index (κ3) is 4.20. The quantitative estimate of drug-likeness (QED) is 0.772. The van der Waals surface area contributed by atoms with E-state index in [0.717, 1.165) is 12.8 Å². The zero-order chi connectivity index (χ0) is 14.7. The van der Waals surface area contributed by atoms with Crippen LogP contribution in [0.4, 0.5) is 4.79 Å². The third-order valence-corrected chi connectivity index (χ3v) is 3.57. The molecule has 1 fully saturated rings. The lowest BCUT2D eigenvalue weighted by Gasteiger charge is -2.51. The molecule has 1 saturated heterocycles. The Balaban J connectivity index is 2.53. The molecule has 1 unspecified atom stereocenters. The summed E-state index contributed by atoms with van der Waals surface area (Å²) in [5, 5.41) is 3.12. The van der Waals surface area contributed by atoms with Gasteiger partial charge in [-0.25, -0.2) is 4.79 Å². The van der Waals surface area contributed by atoms with Crippen molar-refractivity contribution in [1.29, 1.82) is 0 Å². The van der Waals surface area contributed by atoms with Crippen LogP contribution in [0, 0.1) is 11.3 Å². The maximum absolute atomic E-state index is 11.9. The Bertz CT molecular complexity index is 330. The molecule has 1 atom stereocenters. The van der Waals surface area contributed by atoms with Gasteiger partial charge in [-0.3, -0.25) is 0 Å². The summed E-state index contributed by atoms with van der Waals surface area (Å²) < 4.78 is 5.34. The molecule has 0 bridgehead atoms. The number of nitrogens with one attached hydrogen (secondary N) is 1. The van der Waals surface area contributed by atoms with Gasteiger partial charge in [0.2, 0.25) is 0 Å². The Hall–Kier alpha value is -1.10. The molecule has 0 spiro atoms. The number of nitrogens with zero attached hydrogens (tertiary/aromatic N) is 1. The Morgan fingerprint density at radius 2 is 2.05 bits per heavy atom. The normalized spacial score (nSPS) is 19.5. The van der Waals surface area contributed by atoms with E-state index in [9.17, 15) is 9.59 Å². The number of carbonyl (C=O) groups excluding carboxylic acids is 2. The molecule has 19 heavy (non-hydrogen) atoms. The van der Waals surface area contributed by atoms with E-state index in [1.54, 1.807) is 4.90 Å². The van der Waals surface area contributed by atoms with Gasteiger partial charge >= 0.3 is 6.09 Å². The van der Waals surface area contributed by atoms with E-state index in [4.69, 9.17) is 4.74 Å². The molecular weight excluding hydrogens is 244 g/mol. The lowest BCUT2D eigenvalue weighted by Crippen LogP contribution is -2.62. The van der Waals surface area contributed by atoms with E-state index in [-0.39, 0.29) is 17.4 Å². The van der Waals surface area contributed by atoms with Gasteiger partial charge in [-0.05, 0) is 40.3 Å². The van der Waals surface area contributed by atoms with Crippen molar-refractivity contribution in [2.75, 3.05) is 26.7 Å². The van der Waals surface area contributed by atoms with E-state index < -0.39 is 5.60 Å². The van der Waals surface area contributed by atoms with Crippen molar-refractivity contribution >= 4 is 12.4 Å². The molecule has 1 rings (SSSR count). The minimum Gasteiger partial charge on any atom is -0.444 e. The maximum atomic E-state index is 11.9. The van der Waals surface area contributed by atoms with E-state index in [0.29, 0.717) is 19.5 Å². The molecular formula is C14H26N2O3. The molecule has 110 valence electrons. The van der Waals surface area contributed by atoms with Crippen molar-refractivity contribution in [1.82, 2.24) is 10.2 Å². The molecule has 0 aromatic heterocycles. The summed E-state index contributed by atoms with van der Waals surface area (Å²) in [4.78, 5) is 24.3. The SMILES string of the molecule is CNCC(CC=O)C1(C)CN(C(=O)OC(C)(C)C)C1. The third-order valence-electron chi connectivity index (χ3n) is 3.57. The van der Waals surface area contributed by atoms with Gasteiger partial charge in [-0.1, -0.05) is 6.92 Å². The van der Waals surface area contributed by atoms with Crippen LogP contribution in [0.5, 0.6) is 0 Å². The van der Waals surface area contributed by atoms with Gasteiger partial charge in [0.1, 0.15) is 11.9 Å². The summed E-state index contributed by atoms with van der Waals surface area (Å²) in [6.45, 7) is 9.81. The molecule has 0 saturated carbocycles. The molecule has 1 amide bonds. The van der Waals surface area contributed by atoms with E-state index in [1.807, 2.05) is 27.8 Å². The van der Waals surface area contributed by atoms with Crippen LogP contribution in [0.25, 0.3) is 0 Å². The fraction of sp³-hybridized carbons (Fsp3) is 0.857. The predicted molar refractivity (Wildman–Crippen MR) is 74.0 cm³/mol. The number of hydrogen-bond acceptors (Lipinski definition) is 4. The Kier molecular flexibility index (Phi) is 4.96. The molecule has 1 N–H and O–H groups in total. The number of aldehydes is 1. The van der Waals surface area contributed by atoms with Crippen molar-refractivity contribution in [2.45, 2.75) is 39.7 Å². The van der Waals surface area contributed by atoms with Crippen LogP contribution in [0.1, 0.15) is 34.1 Å². The molecule has 0 aromatic carbocycles. The van der Waals surface area contributed by atoms with Gasteiger partial charge in [-0.15, -0.1) is 0 Å². The van der Waals surface area contributed by atoms with Crippen molar-refractivity contribution in [2.24, 2.45) is 11.3 Å². The molecule has 5 nitrogen and oxygen atoms in total. The maximum Gasteiger partial charge on any atom is 0.410 e. The van der Waals surface area contributed by atoms with Gasteiger partial charge in [-0.2, -0.15) is 0 Å². The van der Waals surface area contributed by atoms with E-state index in [2.05, 4.69) is 12.2 Å². The lowest BCUT2D eigenvalue weighted by atomic mass is 9.70. The highest BCUT2D eigenvalue weighted by Crippen LogP contribution is 2.39. The Labute approximate surface area is 115 Å². The predicted octanol–water partition coefficient (Wildman–Crippen LogP) is 1.67. The number of likely N-dealkylation sites (tertiary alicyclic amines) is 1. The topological polar surface area (TPSA) is 58.6 Å². The molecule has 5 heteroatoms. The molecule has 1 aliphatic rings. The standard InChI is InChI=1S/C14H26N2O3/c1-13(2,3)19-12(18)16-9-14(4,10-16)11(6-7-17)8-15-5/h7,11,15H,6,8-10H2,1-5H3. The second-order valence-electron chi connectivity index (χ2n) is 6.65. The lowest BCUT2D eigenvalue weighted by molar-refractivity contribution is -0.111. The molecule has 0 radical (unpaired) electrons. The number of rotatable bonds is 5. The second-order valence-corrected chi connectivity index (χ2v) is 6.65. The number of hydrogen-bond donors (Lipinski definition) is 1. The van der Waals surface area contributed by atoms with Crippen molar-refractivity contribution in [3.8, 4) is 0 Å². The number of amides is 1. The molecule has 1 aliphatic heterocycles. The summed E-state index contributed by atoms with van der Waals surface area (Å²) in [6, 6.07) is 0. The van der Waals surface area contributed by atoms with Crippen LogP contribution in [-0.4, -0.2) is 49.6 Å². The van der Waals surface area contributed by atoms with Crippen LogP contribution in [0.2, 0.25) is 0 Å². The zero-order valence-corrected chi connectivity index (χ0v) is 12.7. The second kappa shape index (κ2) is 5.90. The van der Waals surface area contributed by atoms with Crippen molar-refractivity contribution in [3.05, 3.63) is 0 Å². The fourth-order valence-electron chi connectivity index (χ4n) is 2.52. The van der Waals surface area contributed by atoms with Gasteiger partial charge in [0, 0.05) is 24.9 Å². The van der Waals surface area contributed by atoms with Crippen LogP contribution in [0.3, 0.4) is 0 Å². The van der Waals surface area contributed by atoms with Crippen LogP contribution < -0.4 is 5.32 Å². The van der Waals surface area contributed by atoms with E-state index >= 15 is 0 Å². The number of carbonyl (C=O) groups is 2. The zero-order valence-electron chi connectivity index (χ0n) is 12.7. The highest BCUT2D eigenvalue weighted by molar-refractivity contribution is 5.69. The molecule has 0 aromatic rings. The number of ether oxygens (including phenoxy) is 1. The fourth-order valence-corrected chi connectivity index (χ4v) is 2.52. The summed E-state index contributed by atoms with van der Waals surface area (Å²) in [6.07, 6.45) is 1.22. The summed E-state index contributed by atoms with van der Waals surface area (Å²) in [7, 11) is 1.88. The average molecular weight is 270 g/mol. The van der Waals surface area contributed by atoms with Gasteiger partial charge in [0.05, 0.1) is 0 Å². The molecule has 0 aliphatic carbocycles. The van der Waals surface area contributed by atoms with Crippen molar-refractivity contribution in [3.63, 3.8) is 0 Å². The highest BCUT2D eigenvalue weighted by Gasteiger charge is 2.47. The van der Waals surface area contributed by atoms with E-state index in [1.165, 1.54) is 0 Å². The Morgan fingerprint density at radius 3 is 2.47 bits per heavy atom. The van der Waals surface area contributed by atoms with Gasteiger partial charge in [0.25, 0.3) is 0 Å². The van der Waals surface area contributed by atoms with Crippen molar-refractivity contribution < 1.29 is 14.3 Å². The smallest absolute Gasteiger partial charge is 0.410 e. The first-order valence-corrected chi connectivity index (χ1v) is 6.78. The molecule has 1 heterocycles. The first kappa shape index (κ1) is 16.0. The largest absolute Gasteiger partial charge is 0.444 e. The minimum atomic E-state index is -0.462. The Morgan fingerprint density at radius 1 is 1.47 bits per heavy atom. The van der Waals surface area contributed by atoms with Crippen LogP contribution in [-0.2, 0) is 9.53 Å². The summed E-state index contributed by atoms with van der Waals surface area (Å²) in [5.41, 5.74) is -0.461. The first-order chi connectivity index (χ1) is 8.72. The minimum absolute atomic E-state index is 0.000818. The summed E-state index contributed by atoms with van der Waals surface area (Å²) >= 11 is 0. The monoisotopic (exact) mass is 270 g/mol. The van der Waals surface area contributed by atoms with Crippen LogP contribution >= 0.6 is 0 Å². The van der Waals surface area contributed by atoms with Gasteiger partial charge < -0.3 is 19.7 Å². The first-order valence-electron chi connectivity index (χ1n) is 6.78. The highest BCUT2D eigenvalue weighted by atomic mass is 16.6. The summed E-state index contributed by atoms with van der Waals surface area (Å²) in [5.74, 6) is 0.258. The van der Waals surface area contributed by atoms with Crippen LogP contribution in [0.15, 0.2) is 0 Å². The average Bonchev–Trinajstić information content (AvgIpc) is 2.22.